The third kappa shape index (κ3) is 3.84. The summed E-state index contributed by atoms with van der Waals surface area (Å²) in [5.74, 6) is 1.60. The molecule has 2 aromatic rings. The normalized spacial score (nSPS) is 12.3. The summed E-state index contributed by atoms with van der Waals surface area (Å²) in [6.45, 7) is 5.43. The first kappa shape index (κ1) is 14.6. The van der Waals surface area contributed by atoms with E-state index in [0.29, 0.717) is 6.04 Å². The summed E-state index contributed by atoms with van der Waals surface area (Å²) >= 11 is 0. The third-order valence-electron chi connectivity index (χ3n) is 3.25. The molecule has 1 aromatic heterocycles. The minimum Gasteiger partial charge on any atom is -0.454 e. The Morgan fingerprint density at radius 2 is 1.95 bits per heavy atom. The topological polar surface area (TPSA) is 39.1 Å². The lowest BCUT2D eigenvalue weighted by Crippen LogP contribution is -2.21. The molecule has 0 amide bonds. The van der Waals surface area contributed by atoms with E-state index in [1.54, 1.807) is 10.9 Å². The van der Waals surface area contributed by atoms with Crippen molar-refractivity contribution in [3.8, 4) is 11.5 Å². The quantitative estimate of drug-likeness (QED) is 0.836. The van der Waals surface area contributed by atoms with Crippen molar-refractivity contribution in [2.75, 3.05) is 6.54 Å². The molecule has 1 heterocycles. The van der Waals surface area contributed by atoms with Gasteiger partial charge in [-0.15, -0.1) is 0 Å². The van der Waals surface area contributed by atoms with Gasteiger partial charge in [0.1, 0.15) is 5.75 Å². The molecule has 1 unspecified atom stereocenters. The number of hydrogen-bond acceptors (Lipinski definition) is 3. The number of rotatable bonds is 7. The van der Waals surface area contributed by atoms with Crippen LogP contribution in [0.25, 0.3) is 0 Å². The van der Waals surface area contributed by atoms with Gasteiger partial charge in [-0.05, 0) is 37.1 Å². The zero-order valence-electron chi connectivity index (χ0n) is 12.5. The number of ether oxygens (including phenoxy) is 1. The molecule has 1 N–H and O–H groups in total. The fourth-order valence-electron chi connectivity index (χ4n) is 2.17. The Kier molecular flexibility index (Phi) is 5.18. The molecule has 0 saturated heterocycles. The van der Waals surface area contributed by atoms with E-state index in [0.717, 1.165) is 30.9 Å². The maximum Gasteiger partial charge on any atom is 0.165 e. The van der Waals surface area contributed by atoms with Gasteiger partial charge < -0.3 is 10.1 Å². The van der Waals surface area contributed by atoms with E-state index in [-0.39, 0.29) is 0 Å². The Balaban J connectivity index is 2.01. The first-order valence-electron chi connectivity index (χ1n) is 7.22. The van der Waals surface area contributed by atoms with Gasteiger partial charge in [0.2, 0.25) is 0 Å². The predicted octanol–water partition coefficient (Wildman–Crippen LogP) is 3.66. The predicted molar refractivity (Wildman–Crippen MR) is 81.0 cm³/mol. The van der Waals surface area contributed by atoms with Crippen molar-refractivity contribution in [3.05, 3.63) is 42.2 Å². The van der Waals surface area contributed by atoms with Crippen LogP contribution in [-0.4, -0.2) is 16.3 Å². The summed E-state index contributed by atoms with van der Waals surface area (Å²) in [4.78, 5) is 0. The zero-order chi connectivity index (χ0) is 14.4. The van der Waals surface area contributed by atoms with E-state index < -0.39 is 0 Å². The zero-order valence-corrected chi connectivity index (χ0v) is 12.5. The molecule has 0 bridgehead atoms. The van der Waals surface area contributed by atoms with Crippen molar-refractivity contribution in [3.63, 3.8) is 0 Å². The van der Waals surface area contributed by atoms with Gasteiger partial charge in [0.25, 0.3) is 0 Å². The molecule has 4 heteroatoms. The molecule has 0 aliphatic heterocycles. The molecular formula is C16H23N3O. The highest BCUT2D eigenvalue weighted by Crippen LogP contribution is 2.24. The fraction of sp³-hybridized carbons (Fsp3) is 0.438. The molecule has 2 rings (SSSR count). The molecule has 1 atom stereocenters. The third-order valence-corrected chi connectivity index (χ3v) is 3.25. The minimum atomic E-state index is 0.419. The maximum absolute atomic E-state index is 5.74. The van der Waals surface area contributed by atoms with Crippen LogP contribution in [0.15, 0.2) is 36.7 Å². The fourth-order valence-corrected chi connectivity index (χ4v) is 2.17. The molecule has 20 heavy (non-hydrogen) atoms. The van der Waals surface area contributed by atoms with Crippen LogP contribution in [0.2, 0.25) is 0 Å². The number of aryl methyl sites for hydroxylation is 1. The molecule has 0 radical (unpaired) electrons. The Bertz CT molecular complexity index is 519. The number of nitrogens with zero attached hydrogens (tertiary/aromatic N) is 2. The molecule has 0 aliphatic carbocycles. The molecule has 0 aliphatic rings. The Morgan fingerprint density at radius 1 is 1.20 bits per heavy atom. The summed E-state index contributed by atoms with van der Waals surface area (Å²) in [5, 5.41) is 7.64. The van der Waals surface area contributed by atoms with Gasteiger partial charge >= 0.3 is 0 Å². The van der Waals surface area contributed by atoms with Crippen molar-refractivity contribution in [2.24, 2.45) is 7.05 Å². The monoisotopic (exact) mass is 273 g/mol. The number of benzene rings is 1. The highest BCUT2D eigenvalue weighted by atomic mass is 16.5. The molecule has 4 nitrogen and oxygen atoms in total. The summed E-state index contributed by atoms with van der Waals surface area (Å²) in [7, 11) is 1.88. The van der Waals surface area contributed by atoms with Crippen molar-refractivity contribution in [1.82, 2.24) is 15.1 Å². The van der Waals surface area contributed by atoms with Crippen LogP contribution in [0.4, 0.5) is 0 Å². The summed E-state index contributed by atoms with van der Waals surface area (Å²) in [6, 6.07) is 8.70. The molecule has 0 fully saturated rings. The number of nitrogens with one attached hydrogen (secondary N) is 1. The molecule has 108 valence electrons. The van der Waals surface area contributed by atoms with Crippen LogP contribution in [0.3, 0.4) is 0 Å². The Hall–Kier alpha value is -1.81. The van der Waals surface area contributed by atoms with Crippen LogP contribution in [0.1, 0.15) is 38.3 Å². The lowest BCUT2D eigenvalue weighted by molar-refractivity contribution is 0.479. The summed E-state index contributed by atoms with van der Waals surface area (Å²) in [5.41, 5.74) is 1.31. The Morgan fingerprint density at radius 3 is 2.50 bits per heavy atom. The van der Waals surface area contributed by atoms with Crippen molar-refractivity contribution in [1.29, 1.82) is 0 Å². The standard InChI is InChI=1S/C16H23N3O/c1-4-10-17-16(5-2)13-6-8-14(9-7-13)20-15-11-18-19(3)12-15/h6-9,11-12,16-17H,4-5,10H2,1-3H3. The molecule has 0 saturated carbocycles. The smallest absolute Gasteiger partial charge is 0.165 e. The maximum atomic E-state index is 5.74. The van der Waals surface area contributed by atoms with Crippen molar-refractivity contribution < 1.29 is 4.74 Å². The van der Waals surface area contributed by atoms with Crippen molar-refractivity contribution in [2.45, 2.75) is 32.7 Å². The first-order chi connectivity index (χ1) is 9.72. The van der Waals surface area contributed by atoms with Crippen LogP contribution in [0, 0.1) is 0 Å². The average Bonchev–Trinajstić information content (AvgIpc) is 2.86. The highest BCUT2D eigenvalue weighted by Gasteiger charge is 2.08. The second-order valence-corrected chi connectivity index (χ2v) is 4.94. The average molecular weight is 273 g/mol. The van der Waals surface area contributed by atoms with Gasteiger partial charge in [0.15, 0.2) is 5.75 Å². The number of aromatic nitrogens is 2. The molecule has 1 aromatic carbocycles. The van der Waals surface area contributed by atoms with Crippen LogP contribution < -0.4 is 10.1 Å². The van der Waals surface area contributed by atoms with E-state index in [1.807, 2.05) is 25.4 Å². The van der Waals surface area contributed by atoms with E-state index in [9.17, 15) is 0 Å². The second kappa shape index (κ2) is 7.10. The lowest BCUT2D eigenvalue weighted by Gasteiger charge is -2.17. The van der Waals surface area contributed by atoms with E-state index >= 15 is 0 Å². The second-order valence-electron chi connectivity index (χ2n) is 4.94. The van der Waals surface area contributed by atoms with E-state index in [4.69, 9.17) is 4.74 Å². The van der Waals surface area contributed by atoms with Crippen LogP contribution >= 0.6 is 0 Å². The van der Waals surface area contributed by atoms with Crippen molar-refractivity contribution >= 4 is 0 Å². The highest BCUT2D eigenvalue weighted by molar-refractivity contribution is 5.32. The largest absolute Gasteiger partial charge is 0.454 e. The SMILES string of the molecule is CCCNC(CC)c1ccc(Oc2cnn(C)c2)cc1. The number of hydrogen-bond donors (Lipinski definition) is 1. The summed E-state index contributed by atoms with van der Waals surface area (Å²) in [6.07, 6.45) is 5.80. The molecule has 0 spiro atoms. The van der Waals surface area contributed by atoms with Crippen LogP contribution in [0.5, 0.6) is 11.5 Å². The minimum absolute atomic E-state index is 0.419. The first-order valence-corrected chi connectivity index (χ1v) is 7.22. The van der Waals surface area contributed by atoms with Gasteiger partial charge in [-0.3, -0.25) is 4.68 Å². The van der Waals surface area contributed by atoms with Gasteiger partial charge in [0, 0.05) is 13.1 Å². The lowest BCUT2D eigenvalue weighted by atomic mass is 10.0. The van der Waals surface area contributed by atoms with Gasteiger partial charge in [0.05, 0.1) is 12.4 Å². The van der Waals surface area contributed by atoms with Gasteiger partial charge in [-0.25, -0.2) is 0 Å². The van der Waals surface area contributed by atoms with E-state index in [2.05, 4.69) is 36.4 Å². The van der Waals surface area contributed by atoms with Gasteiger partial charge in [-0.1, -0.05) is 26.0 Å². The Labute approximate surface area is 120 Å². The molecular weight excluding hydrogens is 250 g/mol. The van der Waals surface area contributed by atoms with Crippen LogP contribution in [-0.2, 0) is 7.05 Å². The summed E-state index contributed by atoms with van der Waals surface area (Å²) < 4.78 is 7.47. The van der Waals surface area contributed by atoms with E-state index in [1.165, 1.54) is 5.56 Å². The van der Waals surface area contributed by atoms with Gasteiger partial charge in [-0.2, -0.15) is 5.10 Å².